The maximum Gasteiger partial charge on any atom is 0.220 e. The van der Waals surface area contributed by atoms with Gasteiger partial charge in [-0.15, -0.1) is 0 Å². The van der Waals surface area contributed by atoms with Crippen LogP contribution in [0, 0.1) is 0 Å². The van der Waals surface area contributed by atoms with Crippen molar-refractivity contribution in [2.75, 3.05) is 0 Å². The molecular formula is C21H28N2O3S. The van der Waals surface area contributed by atoms with Crippen molar-refractivity contribution in [1.82, 2.24) is 10.0 Å². The van der Waals surface area contributed by atoms with Gasteiger partial charge in [0.2, 0.25) is 15.9 Å². The van der Waals surface area contributed by atoms with Gasteiger partial charge in [-0.1, -0.05) is 61.5 Å². The lowest BCUT2D eigenvalue weighted by Crippen LogP contribution is -2.32. The Kier molecular flexibility index (Phi) is 7.56. The standard InChI is InChI=1S/C21H28N2O3S/c1-16(2)23-27(25,26)15-20-12-8-7-11-19(20)14-22-21(24)13-17(3)18-9-5-4-6-10-18/h4-12,16-17,23H,13-15H2,1-3H3,(H,22,24). The first-order valence-corrected chi connectivity index (χ1v) is 10.8. The number of rotatable bonds is 9. The van der Waals surface area contributed by atoms with Crippen molar-refractivity contribution in [3.8, 4) is 0 Å². The van der Waals surface area contributed by atoms with E-state index in [1.165, 1.54) is 0 Å². The van der Waals surface area contributed by atoms with Crippen molar-refractivity contribution in [2.24, 2.45) is 0 Å². The summed E-state index contributed by atoms with van der Waals surface area (Å²) in [6, 6.07) is 17.0. The number of nitrogens with one attached hydrogen (secondary N) is 2. The molecule has 1 atom stereocenters. The predicted molar refractivity (Wildman–Crippen MR) is 109 cm³/mol. The second-order valence-corrected chi connectivity index (χ2v) is 8.85. The molecule has 2 rings (SSSR count). The van der Waals surface area contributed by atoms with Crippen LogP contribution in [-0.2, 0) is 27.1 Å². The Hall–Kier alpha value is -2.18. The Balaban J connectivity index is 1.97. The van der Waals surface area contributed by atoms with Crippen LogP contribution >= 0.6 is 0 Å². The number of benzene rings is 2. The van der Waals surface area contributed by atoms with Gasteiger partial charge >= 0.3 is 0 Å². The van der Waals surface area contributed by atoms with Crippen LogP contribution in [0.4, 0.5) is 0 Å². The summed E-state index contributed by atoms with van der Waals surface area (Å²) in [5.41, 5.74) is 2.63. The van der Waals surface area contributed by atoms with Crippen LogP contribution in [0.2, 0.25) is 0 Å². The molecule has 0 fully saturated rings. The Morgan fingerprint density at radius 1 is 0.926 bits per heavy atom. The average molecular weight is 389 g/mol. The zero-order valence-electron chi connectivity index (χ0n) is 16.1. The molecule has 0 aliphatic carbocycles. The molecule has 0 spiro atoms. The highest BCUT2D eigenvalue weighted by Crippen LogP contribution is 2.18. The lowest BCUT2D eigenvalue weighted by Gasteiger charge is -2.15. The minimum absolute atomic E-state index is 0.0516. The molecule has 0 bridgehead atoms. The average Bonchev–Trinajstić information content (AvgIpc) is 2.60. The number of carbonyl (C=O) groups is 1. The monoisotopic (exact) mass is 388 g/mol. The fraction of sp³-hybridized carbons (Fsp3) is 0.381. The van der Waals surface area contributed by atoms with Crippen molar-refractivity contribution < 1.29 is 13.2 Å². The summed E-state index contributed by atoms with van der Waals surface area (Å²) in [4.78, 5) is 12.3. The fourth-order valence-electron chi connectivity index (χ4n) is 2.92. The van der Waals surface area contributed by atoms with Crippen LogP contribution in [0.25, 0.3) is 0 Å². The first-order chi connectivity index (χ1) is 12.8. The van der Waals surface area contributed by atoms with E-state index in [1.807, 2.05) is 55.5 Å². The molecule has 0 aliphatic heterocycles. The van der Waals surface area contributed by atoms with Crippen molar-refractivity contribution in [3.63, 3.8) is 0 Å². The highest BCUT2D eigenvalue weighted by Gasteiger charge is 2.16. The molecule has 0 heterocycles. The van der Waals surface area contributed by atoms with E-state index < -0.39 is 10.0 Å². The van der Waals surface area contributed by atoms with Crippen LogP contribution < -0.4 is 10.0 Å². The molecule has 0 radical (unpaired) electrons. The summed E-state index contributed by atoms with van der Waals surface area (Å²) in [6.07, 6.45) is 0.388. The van der Waals surface area contributed by atoms with Gasteiger partial charge in [-0.2, -0.15) is 0 Å². The molecule has 0 aliphatic rings. The van der Waals surface area contributed by atoms with Gasteiger partial charge in [-0.05, 0) is 36.5 Å². The fourth-order valence-corrected chi connectivity index (χ4v) is 4.41. The van der Waals surface area contributed by atoms with E-state index in [0.717, 1.165) is 11.1 Å². The number of carbonyl (C=O) groups excluding carboxylic acids is 1. The normalized spacial score (nSPS) is 12.7. The molecule has 0 aromatic heterocycles. The predicted octanol–water partition coefficient (Wildman–Crippen LogP) is 3.32. The summed E-state index contributed by atoms with van der Waals surface area (Å²) in [6.45, 7) is 5.91. The Morgan fingerprint density at radius 3 is 2.15 bits per heavy atom. The summed E-state index contributed by atoms with van der Waals surface area (Å²) >= 11 is 0. The second kappa shape index (κ2) is 9.67. The van der Waals surface area contributed by atoms with E-state index in [4.69, 9.17) is 0 Å². The topological polar surface area (TPSA) is 75.3 Å². The summed E-state index contributed by atoms with van der Waals surface area (Å²) in [5, 5.41) is 2.91. The first-order valence-electron chi connectivity index (χ1n) is 9.15. The van der Waals surface area contributed by atoms with Gasteiger partial charge in [0.25, 0.3) is 0 Å². The first kappa shape index (κ1) is 21.1. The van der Waals surface area contributed by atoms with E-state index in [-0.39, 0.29) is 23.6 Å². The molecule has 6 heteroatoms. The molecular weight excluding hydrogens is 360 g/mol. The molecule has 5 nitrogen and oxygen atoms in total. The number of sulfonamides is 1. The molecule has 0 saturated carbocycles. The maximum absolute atomic E-state index is 12.3. The van der Waals surface area contributed by atoms with Crippen molar-refractivity contribution in [3.05, 3.63) is 71.3 Å². The SMILES string of the molecule is CC(C)NS(=O)(=O)Cc1ccccc1CNC(=O)CC(C)c1ccccc1. The summed E-state index contributed by atoms with van der Waals surface area (Å²) in [5.74, 6) is -0.0288. The third-order valence-electron chi connectivity index (χ3n) is 4.22. The molecule has 1 amide bonds. The molecule has 2 aromatic rings. The van der Waals surface area contributed by atoms with Crippen LogP contribution in [-0.4, -0.2) is 20.4 Å². The van der Waals surface area contributed by atoms with Crippen LogP contribution in [0.1, 0.15) is 49.8 Å². The third kappa shape index (κ3) is 7.15. The van der Waals surface area contributed by atoms with Gasteiger partial charge in [0, 0.05) is 19.0 Å². The van der Waals surface area contributed by atoms with Gasteiger partial charge in [0.05, 0.1) is 5.75 Å². The van der Waals surface area contributed by atoms with E-state index in [0.29, 0.717) is 18.5 Å². The van der Waals surface area contributed by atoms with Crippen LogP contribution in [0.5, 0.6) is 0 Å². The van der Waals surface area contributed by atoms with E-state index >= 15 is 0 Å². The largest absolute Gasteiger partial charge is 0.352 e. The zero-order valence-corrected chi connectivity index (χ0v) is 16.9. The van der Waals surface area contributed by atoms with Crippen LogP contribution in [0.15, 0.2) is 54.6 Å². The highest BCUT2D eigenvalue weighted by molar-refractivity contribution is 7.88. The molecule has 1 unspecified atom stereocenters. The Labute approximate surface area is 162 Å². The lowest BCUT2D eigenvalue weighted by atomic mass is 9.97. The Morgan fingerprint density at radius 2 is 1.52 bits per heavy atom. The molecule has 27 heavy (non-hydrogen) atoms. The van der Waals surface area contributed by atoms with Crippen molar-refractivity contribution >= 4 is 15.9 Å². The van der Waals surface area contributed by atoms with E-state index in [9.17, 15) is 13.2 Å². The zero-order chi connectivity index (χ0) is 19.9. The highest BCUT2D eigenvalue weighted by atomic mass is 32.2. The molecule has 146 valence electrons. The van der Waals surface area contributed by atoms with Gasteiger partial charge in [0.15, 0.2) is 0 Å². The van der Waals surface area contributed by atoms with Crippen LogP contribution in [0.3, 0.4) is 0 Å². The molecule has 0 saturated heterocycles. The number of amides is 1. The van der Waals surface area contributed by atoms with Gasteiger partial charge in [0.1, 0.15) is 0 Å². The van der Waals surface area contributed by atoms with Gasteiger partial charge in [-0.3, -0.25) is 4.79 Å². The minimum Gasteiger partial charge on any atom is -0.352 e. The Bertz CT molecular complexity index is 849. The smallest absolute Gasteiger partial charge is 0.220 e. The quantitative estimate of drug-likeness (QED) is 0.692. The molecule has 2 aromatic carbocycles. The minimum atomic E-state index is -3.41. The van der Waals surface area contributed by atoms with E-state index in [2.05, 4.69) is 10.0 Å². The maximum atomic E-state index is 12.3. The lowest BCUT2D eigenvalue weighted by molar-refractivity contribution is -0.121. The number of hydrogen-bond acceptors (Lipinski definition) is 3. The third-order valence-corrected chi connectivity index (χ3v) is 5.74. The summed E-state index contributed by atoms with van der Waals surface area (Å²) in [7, 11) is -3.41. The molecule has 2 N–H and O–H groups in total. The van der Waals surface area contributed by atoms with Gasteiger partial charge < -0.3 is 5.32 Å². The van der Waals surface area contributed by atoms with E-state index in [1.54, 1.807) is 19.9 Å². The van der Waals surface area contributed by atoms with Gasteiger partial charge in [-0.25, -0.2) is 13.1 Å². The summed E-state index contributed by atoms with van der Waals surface area (Å²) < 4.78 is 27.0. The van der Waals surface area contributed by atoms with Crippen molar-refractivity contribution in [1.29, 1.82) is 0 Å². The number of hydrogen-bond donors (Lipinski definition) is 2. The van der Waals surface area contributed by atoms with Crippen molar-refractivity contribution in [2.45, 2.75) is 51.4 Å². The second-order valence-electron chi connectivity index (χ2n) is 7.09.